The highest BCUT2D eigenvalue weighted by Crippen LogP contribution is 2.34. The van der Waals surface area contributed by atoms with Gasteiger partial charge in [-0.3, -0.25) is 4.79 Å². The van der Waals surface area contributed by atoms with Crippen LogP contribution in [0.15, 0.2) is 28.8 Å². The van der Waals surface area contributed by atoms with E-state index in [1.807, 2.05) is 29.2 Å². The first-order chi connectivity index (χ1) is 12.7. The average Bonchev–Trinajstić information content (AvgIpc) is 3.22. The van der Waals surface area contributed by atoms with Crippen LogP contribution < -0.4 is 0 Å². The Balaban J connectivity index is 1.70. The fourth-order valence-corrected chi connectivity index (χ4v) is 4.16. The van der Waals surface area contributed by atoms with Gasteiger partial charge in [0.2, 0.25) is 17.6 Å². The SMILES string of the molecule is CC(CC(=O)N1CCCC1c1nc(-c2cccc(Cl)c2)no1)CC(C)(C)C. The van der Waals surface area contributed by atoms with Crippen molar-refractivity contribution in [1.82, 2.24) is 15.0 Å². The molecule has 2 unspecified atom stereocenters. The molecule has 2 heterocycles. The van der Waals surface area contributed by atoms with Crippen molar-refractivity contribution in [1.29, 1.82) is 0 Å². The molecule has 0 spiro atoms. The first kappa shape index (κ1) is 19.9. The van der Waals surface area contributed by atoms with Crippen molar-refractivity contribution in [3.8, 4) is 11.4 Å². The minimum atomic E-state index is -0.125. The molecule has 0 saturated carbocycles. The molecular weight excluding hydrogens is 362 g/mol. The van der Waals surface area contributed by atoms with Gasteiger partial charge in [0.05, 0.1) is 0 Å². The Labute approximate surface area is 166 Å². The van der Waals surface area contributed by atoms with Crippen LogP contribution in [0.1, 0.15) is 65.3 Å². The van der Waals surface area contributed by atoms with Crippen molar-refractivity contribution in [3.63, 3.8) is 0 Å². The lowest BCUT2D eigenvalue weighted by Gasteiger charge is -2.26. The van der Waals surface area contributed by atoms with E-state index < -0.39 is 0 Å². The first-order valence-corrected chi connectivity index (χ1v) is 10.00. The fourth-order valence-electron chi connectivity index (χ4n) is 3.97. The van der Waals surface area contributed by atoms with Crippen molar-refractivity contribution in [2.45, 2.75) is 59.4 Å². The summed E-state index contributed by atoms with van der Waals surface area (Å²) in [7, 11) is 0. The van der Waals surface area contributed by atoms with Crippen molar-refractivity contribution < 1.29 is 9.32 Å². The number of rotatable bonds is 5. The Kier molecular flexibility index (Phi) is 5.89. The van der Waals surface area contributed by atoms with E-state index >= 15 is 0 Å². The second-order valence-corrected chi connectivity index (χ2v) is 9.22. The minimum absolute atomic E-state index is 0.125. The molecule has 1 fully saturated rings. The number of hydrogen-bond donors (Lipinski definition) is 0. The molecule has 0 aliphatic carbocycles. The third kappa shape index (κ3) is 5.10. The summed E-state index contributed by atoms with van der Waals surface area (Å²) >= 11 is 6.05. The molecule has 1 aliphatic rings. The maximum absolute atomic E-state index is 12.9. The van der Waals surface area contributed by atoms with Crippen LogP contribution in [0.25, 0.3) is 11.4 Å². The monoisotopic (exact) mass is 389 g/mol. The molecule has 27 heavy (non-hydrogen) atoms. The van der Waals surface area contributed by atoms with Gasteiger partial charge in [0.25, 0.3) is 0 Å². The number of likely N-dealkylation sites (tertiary alicyclic amines) is 1. The summed E-state index contributed by atoms with van der Waals surface area (Å²) in [6.07, 6.45) is 3.40. The largest absolute Gasteiger partial charge is 0.337 e. The molecule has 6 heteroatoms. The van der Waals surface area contributed by atoms with Gasteiger partial charge in [-0.15, -0.1) is 0 Å². The highest BCUT2D eigenvalue weighted by Gasteiger charge is 2.34. The van der Waals surface area contributed by atoms with Gasteiger partial charge in [0.15, 0.2) is 0 Å². The Hall–Kier alpha value is -1.88. The van der Waals surface area contributed by atoms with E-state index in [0.29, 0.717) is 29.1 Å². The lowest BCUT2D eigenvalue weighted by atomic mass is 9.84. The maximum atomic E-state index is 12.9. The summed E-state index contributed by atoms with van der Waals surface area (Å²) in [5, 5.41) is 4.72. The molecule has 1 amide bonds. The normalized spacial score (nSPS) is 18.7. The summed E-state index contributed by atoms with van der Waals surface area (Å²) in [4.78, 5) is 19.3. The van der Waals surface area contributed by atoms with Gasteiger partial charge in [-0.25, -0.2) is 0 Å². The second-order valence-electron chi connectivity index (χ2n) is 8.79. The number of carbonyl (C=O) groups is 1. The van der Waals surface area contributed by atoms with Gasteiger partial charge in [-0.2, -0.15) is 4.98 Å². The summed E-state index contributed by atoms with van der Waals surface area (Å²) in [6, 6.07) is 7.24. The van der Waals surface area contributed by atoms with E-state index in [1.54, 1.807) is 0 Å². The number of aromatic nitrogens is 2. The predicted octanol–water partition coefficient (Wildman–Crippen LogP) is 5.52. The standard InChI is InChI=1S/C21H28ClN3O2/c1-14(13-21(2,3)4)11-18(26)25-10-6-9-17(25)20-23-19(24-27-20)15-7-5-8-16(22)12-15/h5,7-8,12,14,17H,6,9-11,13H2,1-4H3. The zero-order valence-electron chi connectivity index (χ0n) is 16.5. The summed E-state index contributed by atoms with van der Waals surface area (Å²) in [5.74, 6) is 1.55. The fraction of sp³-hybridized carbons (Fsp3) is 0.571. The smallest absolute Gasteiger partial charge is 0.249 e. The number of benzene rings is 1. The lowest BCUT2D eigenvalue weighted by Crippen LogP contribution is -2.32. The van der Waals surface area contributed by atoms with E-state index in [0.717, 1.165) is 31.4 Å². The molecule has 5 nitrogen and oxygen atoms in total. The van der Waals surface area contributed by atoms with Crippen molar-refractivity contribution >= 4 is 17.5 Å². The van der Waals surface area contributed by atoms with Gasteiger partial charge in [0, 0.05) is 23.6 Å². The van der Waals surface area contributed by atoms with Gasteiger partial charge in [-0.05, 0) is 42.7 Å². The number of halogens is 1. The Bertz CT molecular complexity index is 797. The maximum Gasteiger partial charge on any atom is 0.249 e. The van der Waals surface area contributed by atoms with Crippen LogP contribution in [-0.2, 0) is 4.79 Å². The Morgan fingerprint density at radius 2 is 2.19 bits per heavy atom. The number of carbonyl (C=O) groups excluding carboxylic acids is 1. The van der Waals surface area contributed by atoms with E-state index in [-0.39, 0.29) is 17.4 Å². The molecule has 146 valence electrons. The lowest BCUT2D eigenvalue weighted by molar-refractivity contribution is -0.133. The van der Waals surface area contributed by atoms with Crippen molar-refractivity contribution in [3.05, 3.63) is 35.2 Å². The zero-order chi connectivity index (χ0) is 19.6. The summed E-state index contributed by atoms with van der Waals surface area (Å²) < 4.78 is 5.51. The molecule has 1 aromatic heterocycles. The van der Waals surface area contributed by atoms with Crippen LogP contribution in [0, 0.1) is 11.3 Å². The van der Waals surface area contributed by atoms with Crippen molar-refractivity contribution in [2.75, 3.05) is 6.54 Å². The molecule has 1 aromatic carbocycles. The highest BCUT2D eigenvalue weighted by atomic mass is 35.5. The quantitative estimate of drug-likeness (QED) is 0.675. The number of hydrogen-bond acceptors (Lipinski definition) is 4. The van der Waals surface area contributed by atoms with Gasteiger partial charge in [-0.1, -0.05) is 56.6 Å². The predicted molar refractivity (Wildman–Crippen MR) is 106 cm³/mol. The van der Waals surface area contributed by atoms with Gasteiger partial charge in [0.1, 0.15) is 6.04 Å². The molecule has 0 N–H and O–H groups in total. The number of amides is 1. The molecule has 2 aromatic rings. The molecule has 1 aliphatic heterocycles. The van der Waals surface area contributed by atoms with Crippen LogP contribution in [0.3, 0.4) is 0 Å². The molecule has 0 bridgehead atoms. The molecule has 2 atom stereocenters. The zero-order valence-corrected chi connectivity index (χ0v) is 17.3. The van der Waals surface area contributed by atoms with Crippen LogP contribution >= 0.6 is 11.6 Å². The topological polar surface area (TPSA) is 59.2 Å². The molecule has 0 radical (unpaired) electrons. The van der Waals surface area contributed by atoms with Crippen LogP contribution in [0.4, 0.5) is 0 Å². The van der Waals surface area contributed by atoms with E-state index in [1.165, 1.54) is 0 Å². The Morgan fingerprint density at radius 3 is 2.89 bits per heavy atom. The van der Waals surface area contributed by atoms with Crippen LogP contribution in [0.5, 0.6) is 0 Å². The molecule has 1 saturated heterocycles. The Morgan fingerprint density at radius 1 is 1.41 bits per heavy atom. The summed E-state index contributed by atoms with van der Waals surface area (Å²) in [5.41, 5.74) is 1.04. The summed E-state index contributed by atoms with van der Waals surface area (Å²) in [6.45, 7) is 9.53. The minimum Gasteiger partial charge on any atom is -0.337 e. The second kappa shape index (κ2) is 8.01. The molecule has 3 rings (SSSR count). The van der Waals surface area contributed by atoms with E-state index in [2.05, 4.69) is 37.8 Å². The van der Waals surface area contributed by atoms with Gasteiger partial charge < -0.3 is 9.42 Å². The molecular formula is C21H28ClN3O2. The van der Waals surface area contributed by atoms with Gasteiger partial charge >= 0.3 is 0 Å². The van der Waals surface area contributed by atoms with E-state index in [4.69, 9.17) is 16.1 Å². The first-order valence-electron chi connectivity index (χ1n) is 9.62. The highest BCUT2D eigenvalue weighted by molar-refractivity contribution is 6.30. The van der Waals surface area contributed by atoms with Crippen LogP contribution in [-0.4, -0.2) is 27.5 Å². The third-order valence-corrected chi connectivity index (χ3v) is 5.10. The third-order valence-electron chi connectivity index (χ3n) is 4.87. The van der Waals surface area contributed by atoms with E-state index in [9.17, 15) is 4.79 Å². The number of nitrogens with zero attached hydrogens (tertiary/aromatic N) is 3. The van der Waals surface area contributed by atoms with Crippen LogP contribution in [0.2, 0.25) is 5.02 Å². The average molecular weight is 390 g/mol. The van der Waals surface area contributed by atoms with Crippen molar-refractivity contribution in [2.24, 2.45) is 11.3 Å².